The number of fused-ring (bicyclic) bond motifs is 1. The fourth-order valence-electron chi connectivity index (χ4n) is 2.64. The van der Waals surface area contributed by atoms with Crippen molar-refractivity contribution in [1.82, 2.24) is 0 Å². The Morgan fingerprint density at radius 2 is 2.27 bits per heavy atom. The molecule has 1 heterocycles. The van der Waals surface area contributed by atoms with Crippen LogP contribution in [0.2, 0.25) is 0 Å². The molecule has 4 heteroatoms. The molecule has 2 rings (SSSR count). The van der Waals surface area contributed by atoms with Crippen LogP contribution < -0.4 is 5.73 Å². The molecule has 1 fully saturated rings. The molecule has 0 aromatic carbocycles. The molecule has 1 aliphatic carbocycles. The smallest absolute Gasteiger partial charge is 0.302 e. The lowest BCUT2D eigenvalue weighted by Crippen LogP contribution is -2.37. The van der Waals surface area contributed by atoms with Crippen molar-refractivity contribution in [3.63, 3.8) is 0 Å². The SMILES string of the molecule is CC(=O)O[C@H]1CCC2N=C(N)CCC2C1. The lowest BCUT2D eigenvalue weighted by molar-refractivity contribution is -0.148. The molecular formula is C11H18N2O2. The standard InChI is InChI=1S/C11H18N2O2/c1-7(14)15-9-3-4-10-8(6-9)2-5-11(12)13-10/h8-10H,2-6H2,1H3,(H2,12,13)/t8?,9-,10?/m0/s1. The summed E-state index contributed by atoms with van der Waals surface area (Å²) in [5.41, 5.74) is 5.72. The first-order valence-corrected chi connectivity index (χ1v) is 5.64. The maximum atomic E-state index is 10.9. The Balaban J connectivity index is 1.93. The molecule has 1 aliphatic heterocycles. The van der Waals surface area contributed by atoms with Gasteiger partial charge in [-0.1, -0.05) is 0 Å². The van der Waals surface area contributed by atoms with Gasteiger partial charge in [0.25, 0.3) is 0 Å². The normalized spacial score (nSPS) is 35.3. The van der Waals surface area contributed by atoms with Crippen molar-refractivity contribution >= 4 is 11.8 Å². The van der Waals surface area contributed by atoms with Crippen LogP contribution in [0.4, 0.5) is 0 Å². The zero-order chi connectivity index (χ0) is 10.8. The first kappa shape index (κ1) is 10.5. The molecule has 2 N–H and O–H groups in total. The van der Waals surface area contributed by atoms with Gasteiger partial charge in [-0.25, -0.2) is 0 Å². The number of amidine groups is 1. The second-order valence-corrected chi connectivity index (χ2v) is 4.53. The molecule has 2 aliphatic rings. The highest BCUT2D eigenvalue weighted by Crippen LogP contribution is 2.34. The summed E-state index contributed by atoms with van der Waals surface area (Å²) in [4.78, 5) is 15.3. The Labute approximate surface area is 89.9 Å². The van der Waals surface area contributed by atoms with Gasteiger partial charge in [0.05, 0.1) is 11.9 Å². The number of rotatable bonds is 1. The molecule has 2 unspecified atom stereocenters. The minimum absolute atomic E-state index is 0.110. The van der Waals surface area contributed by atoms with Crippen molar-refractivity contribution < 1.29 is 9.53 Å². The summed E-state index contributed by atoms with van der Waals surface area (Å²) in [6.45, 7) is 1.48. The van der Waals surface area contributed by atoms with Crippen molar-refractivity contribution in [2.75, 3.05) is 0 Å². The van der Waals surface area contributed by atoms with E-state index in [-0.39, 0.29) is 12.1 Å². The Morgan fingerprint density at radius 1 is 1.47 bits per heavy atom. The van der Waals surface area contributed by atoms with Crippen molar-refractivity contribution in [1.29, 1.82) is 0 Å². The van der Waals surface area contributed by atoms with E-state index in [1.54, 1.807) is 0 Å². The van der Waals surface area contributed by atoms with E-state index in [0.717, 1.165) is 37.9 Å². The Kier molecular flexibility index (Phi) is 2.93. The molecule has 0 saturated heterocycles. The van der Waals surface area contributed by atoms with Gasteiger partial charge < -0.3 is 10.5 Å². The largest absolute Gasteiger partial charge is 0.463 e. The lowest BCUT2D eigenvalue weighted by Gasteiger charge is -2.36. The fourth-order valence-corrected chi connectivity index (χ4v) is 2.64. The van der Waals surface area contributed by atoms with Crippen LogP contribution >= 0.6 is 0 Å². The van der Waals surface area contributed by atoms with Crippen LogP contribution in [0.25, 0.3) is 0 Å². The van der Waals surface area contributed by atoms with Crippen molar-refractivity contribution in [2.45, 2.75) is 51.2 Å². The number of nitrogens with two attached hydrogens (primary N) is 1. The minimum Gasteiger partial charge on any atom is -0.463 e. The third-order valence-corrected chi connectivity index (χ3v) is 3.33. The van der Waals surface area contributed by atoms with Gasteiger partial charge in [0.2, 0.25) is 0 Å². The summed E-state index contributed by atoms with van der Waals surface area (Å²) < 4.78 is 5.25. The van der Waals surface area contributed by atoms with Crippen LogP contribution in [0.15, 0.2) is 4.99 Å². The molecule has 15 heavy (non-hydrogen) atoms. The highest BCUT2D eigenvalue weighted by molar-refractivity contribution is 5.81. The van der Waals surface area contributed by atoms with E-state index in [4.69, 9.17) is 10.5 Å². The number of esters is 1. The third kappa shape index (κ3) is 2.49. The molecule has 0 aromatic rings. The average molecular weight is 210 g/mol. The third-order valence-electron chi connectivity index (χ3n) is 3.33. The first-order valence-electron chi connectivity index (χ1n) is 5.64. The summed E-state index contributed by atoms with van der Waals surface area (Å²) in [5, 5.41) is 0. The summed E-state index contributed by atoms with van der Waals surface area (Å²) in [6.07, 6.45) is 4.99. The van der Waals surface area contributed by atoms with Gasteiger partial charge in [0.1, 0.15) is 6.10 Å². The predicted octanol–water partition coefficient (Wildman–Crippen LogP) is 1.24. The van der Waals surface area contributed by atoms with Crippen LogP contribution in [0.5, 0.6) is 0 Å². The number of aliphatic imine (C=N–C) groups is 1. The number of ether oxygens (including phenoxy) is 1. The molecule has 0 aromatic heterocycles. The molecule has 84 valence electrons. The number of carbonyl (C=O) groups excluding carboxylic acids is 1. The fraction of sp³-hybridized carbons (Fsp3) is 0.818. The number of hydrogen-bond acceptors (Lipinski definition) is 4. The zero-order valence-electron chi connectivity index (χ0n) is 9.11. The van der Waals surface area contributed by atoms with Gasteiger partial charge in [0, 0.05) is 13.3 Å². The van der Waals surface area contributed by atoms with E-state index in [9.17, 15) is 4.79 Å². The molecular weight excluding hydrogens is 192 g/mol. The van der Waals surface area contributed by atoms with Gasteiger partial charge in [-0.15, -0.1) is 0 Å². The van der Waals surface area contributed by atoms with Crippen LogP contribution in [-0.2, 0) is 9.53 Å². The highest BCUT2D eigenvalue weighted by atomic mass is 16.5. The molecule has 0 radical (unpaired) electrons. The maximum Gasteiger partial charge on any atom is 0.302 e. The van der Waals surface area contributed by atoms with E-state index in [0.29, 0.717) is 12.0 Å². The summed E-state index contributed by atoms with van der Waals surface area (Å²) >= 11 is 0. The van der Waals surface area contributed by atoms with Gasteiger partial charge in [-0.05, 0) is 31.6 Å². The second-order valence-electron chi connectivity index (χ2n) is 4.53. The Hall–Kier alpha value is -1.06. The van der Waals surface area contributed by atoms with Gasteiger partial charge in [-0.2, -0.15) is 0 Å². The van der Waals surface area contributed by atoms with E-state index in [1.165, 1.54) is 6.92 Å². The van der Waals surface area contributed by atoms with Crippen LogP contribution in [0, 0.1) is 5.92 Å². The number of nitrogens with zero attached hydrogens (tertiary/aromatic N) is 1. The van der Waals surface area contributed by atoms with Crippen LogP contribution in [0.3, 0.4) is 0 Å². The minimum atomic E-state index is -0.169. The quantitative estimate of drug-likeness (QED) is 0.662. The first-order chi connectivity index (χ1) is 7.15. The van der Waals surface area contributed by atoms with Gasteiger partial charge in [-0.3, -0.25) is 9.79 Å². The topological polar surface area (TPSA) is 64.7 Å². The van der Waals surface area contributed by atoms with Crippen molar-refractivity contribution in [2.24, 2.45) is 16.6 Å². The number of carbonyl (C=O) groups is 1. The lowest BCUT2D eigenvalue weighted by atomic mass is 9.79. The van der Waals surface area contributed by atoms with Crippen LogP contribution in [-0.4, -0.2) is 24.0 Å². The summed E-state index contributed by atoms with van der Waals surface area (Å²) in [5.74, 6) is 1.19. The molecule has 1 saturated carbocycles. The second kappa shape index (κ2) is 4.21. The maximum absolute atomic E-state index is 10.9. The van der Waals surface area contributed by atoms with E-state index in [1.807, 2.05) is 0 Å². The zero-order valence-corrected chi connectivity index (χ0v) is 9.11. The molecule has 3 atom stereocenters. The van der Waals surface area contributed by atoms with E-state index in [2.05, 4.69) is 4.99 Å². The van der Waals surface area contributed by atoms with Gasteiger partial charge in [0.15, 0.2) is 0 Å². The molecule has 0 amide bonds. The molecule has 0 bridgehead atoms. The van der Waals surface area contributed by atoms with Crippen molar-refractivity contribution in [3.05, 3.63) is 0 Å². The Morgan fingerprint density at radius 3 is 3.00 bits per heavy atom. The van der Waals surface area contributed by atoms with Crippen molar-refractivity contribution in [3.8, 4) is 0 Å². The number of hydrogen-bond donors (Lipinski definition) is 1. The highest BCUT2D eigenvalue weighted by Gasteiger charge is 2.33. The van der Waals surface area contributed by atoms with E-state index < -0.39 is 0 Å². The monoisotopic (exact) mass is 210 g/mol. The molecule has 0 spiro atoms. The summed E-state index contributed by atoms with van der Waals surface area (Å²) in [6, 6.07) is 0.380. The van der Waals surface area contributed by atoms with E-state index >= 15 is 0 Å². The molecule has 4 nitrogen and oxygen atoms in total. The van der Waals surface area contributed by atoms with Crippen LogP contribution in [0.1, 0.15) is 39.0 Å². The summed E-state index contributed by atoms with van der Waals surface area (Å²) in [7, 11) is 0. The van der Waals surface area contributed by atoms with Gasteiger partial charge >= 0.3 is 5.97 Å². The average Bonchev–Trinajstić information content (AvgIpc) is 2.17. The predicted molar refractivity (Wildman–Crippen MR) is 57.5 cm³/mol. The Bertz CT molecular complexity index is 288.